The summed E-state index contributed by atoms with van der Waals surface area (Å²) in [6, 6.07) is 1.25. The van der Waals surface area contributed by atoms with E-state index in [-0.39, 0.29) is 18.7 Å². The first kappa shape index (κ1) is 64.7. The third kappa shape index (κ3) is 30.1. The third-order valence-corrected chi connectivity index (χ3v) is 15.8. The van der Waals surface area contributed by atoms with E-state index < -0.39 is 83.7 Å². The normalized spacial score (nSPS) is 21.9. The van der Waals surface area contributed by atoms with Crippen molar-refractivity contribution >= 4 is 33.4 Å². The number of aliphatic hydroxyl groups is 2. The van der Waals surface area contributed by atoms with Crippen LogP contribution in [0, 0.1) is 5.92 Å². The van der Waals surface area contributed by atoms with Crippen molar-refractivity contribution in [3.63, 3.8) is 0 Å². The number of unbranched alkanes of at least 4 members (excludes halogenated alkanes) is 22. The molecule has 2 saturated heterocycles. The lowest BCUT2D eigenvalue weighted by atomic mass is 10.0. The van der Waals surface area contributed by atoms with Crippen LogP contribution in [-0.4, -0.2) is 97.9 Å². The van der Waals surface area contributed by atoms with Crippen molar-refractivity contribution in [3.05, 3.63) is 34.9 Å². The minimum Gasteiger partial charge on any atom is -0.462 e. The van der Waals surface area contributed by atoms with Crippen LogP contribution in [0.4, 0.5) is 5.82 Å². The Morgan fingerprint density at radius 1 is 0.712 bits per heavy atom. The Hall–Kier alpha value is -2.54. The number of ether oxygens (including phenoxy) is 4. The van der Waals surface area contributed by atoms with Crippen LogP contribution in [0.2, 0.25) is 0 Å². The van der Waals surface area contributed by atoms with Crippen LogP contribution < -0.4 is 11.4 Å². The first-order valence-corrected chi connectivity index (χ1v) is 30.7. The number of carbonyl (C=O) groups excluding carboxylic acids is 2. The number of aliphatic hydroxyl groups excluding tert-OH is 2. The zero-order valence-electron chi connectivity index (χ0n) is 44.3. The standard InChI is InChI=1S/C52H93N3O16P2/c1-4-5-6-7-22-27-32-43-44(69-43)33-28-23-20-25-30-35-48(57)68-42(38-65-47(56)34-29-24-19-17-15-13-11-9-8-10-12-14-16-18-21-26-31-41(2)3)39-66-72(61,62)71-73(63,64)67-40-45-49(58)50(59)51(70-45)55-37-36-46(53)54-52(55)60/h22,27,36-37,41-45,49-51,58-59H,4-21,23-26,28-35,38-40H2,1-3H3,(H,61,62)(H,63,64)(H2,53,54,60)/b27-22-/t42-,43?,44?,45-,49-,50-,51-/m1/s1. The fourth-order valence-corrected chi connectivity index (χ4v) is 10.9. The summed E-state index contributed by atoms with van der Waals surface area (Å²) in [5.41, 5.74) is 4.60. The van der Waals surface area contributed by atoms with Crippen LogP contribution in [0.5, 0.6) is 0 Å². The lowest BCUT2D eigenvalue weighted by molar-refractivity contribution is -0.161. The summed E-state index contributed by atoms with van der Waals surface area (Å²) in [6.07, 6.45) is 30.2. The van der Waals surface area contributed by atoms with Crippen molar-refractivity contribution in [2.75, 3.05) is 25.6 Å². The van der Waals surface area contributed by atoms with Gasteiger partial charge >= 0.3 is 33.3 Å². The lowest BCUT2D eigenvalue weighted by Gasteiger charge is -2.21. The van der Waals surface area contributed by atoms with Gasteiger partial charge in [0, 0.05) is 19.0 Å². The number of rotatable bonds is 45. The SMILES string of the molecule is CCCCC/C=C\CC1OC1CCCCCCCC(=O)O[C@H](COC(=O)CCCCCCCCCCCCCCCCCCC(C)C)COP(=O)(O)OP(=O)(O)OC[C@H]1O[C@@H](n2ccc(N)nc2=O)[C@H](O)[C@@H]1O. The Balaban J connectivity index is 1.36. The summed E-state index contributed by atoms with van der Waals surface area (Å²) in [7, 11) is -10.9. The Bertz CT molecular complexity index is 1850. The molecule has 2 aliphatic heterocycles. The second-order valence-corrected chi connectivity index (χ2v) is 23.3. The molecule has 73 heavy (non-hydrogen) atoms. The Morgan fingerprint density at radius 3 is 1.86 bits per heavy atom. The number of hydrogen-bond donors (Lipinski definition) is 5. The van der Waals surface area contributed by atoms with E-state index in [2.05, 4.69) is 42.2 Å². The molecule has 0 amide bonds. The van der Waals surface area contributed by atoms with E-state index in [4.69, 9.17) is 33.7 Å². The molecule has 0 bridgehead atoms. The molecule has 3 rings (SSSR count). The van der Waals surface area contributed by atoms with Crippen molar-refractivity contribution in [1.29, 1.82) is 0 Å². The highest BCUT2D eigenvalue weighted by atomic mass is 31.3. The predicted octanol–water partition coefficient (Wildman–Crippen LogP) is 10.9. The van der Waals surface area contributed by atoms with Crippen molar-refractivity contribution in [1.82, 2.24) is 9.55 Å². The molecule has 0 spiro atoms. The van der Waals surface area contributed by atoms with Gasteiger partial charge in [-0.2, -0.15) is 9.29 Å². The number of nitrogens with two attached hydrogens (primary N) is 1. The van der Waals surface area contributed by atoms with E-state index in [1.807, 2.05) is 0 Å². The number of phosphoric ester groups is 2. The second kappa shape index (κ2) is 37.3. The fourth-order valence-electron chi connectivity index (χ4n) is 8.80. The average molecular weight is 1080 g/mol. The van der Waals surface area contributed by atoms with Crippen LogP contribution in [0.1, 0.15) is 220 Å². The quantitative estimate of drug-likeness (QED) is 0.0133. The number of nitrogen functional groups attached to an aromatic ring is 1. The monoisotopic (exact) mass is 1080 g/mol. The summed E-state index contributed by atoms with van der Waals surface area (Å²) in [6.45, 7) is 4.47. The van der Waals surface area contributed by atoms with Crippen LogP contribution in [0.25, 0.3) is 0 Å². The molecule has 9 atom stereocenters. The second-order valence-electron chi connectivity index (χ2n) is 20.3. The summed E-state index contributed by atoms with van der Waals surface area (Å²) in [4.78, 5) is 62.1. The Kier molecular flexibility index (Phi) is 33.1. The Morgan fingerprint density at radius 2 is 1.27 bits per heavy atom. The molecule has 4 unspecified atom stereocenters. The smallest absolute Gasteiger partial charge is 0.462 e. The molecule has 3 heterocycles. The van der Waals surface area contributed by atoms with Gasteiger partial charge in [-0.3, -0.25) is 23.2 Å². The molecule has 0 radical (unpaired) electrons. The van der Waals surface area contributed by atoms with Crippen LogP contribution in [0.15, 0.2) is 29.2 Å². The maximum atomic E-state index is 12.9. The van der Waals surface area contributed by atoms with Crippen molar-refractivity contribution in [3.8, 4) is 0 Å². The number of nitrogens with zero attached hydrogens (tertiary/aromatic N) is 2. The predicted molar refractivity (Wildman–Crippen MR) is 279 cm³/mol. The first-order chi connectivity index (χ1) is 35.0. The summed E-state index contributed by atoms with van der Waals surface area (Å²) < 4.78 is 62.8. The molecule has 0 saturated carbocycles. The van der Waals surface area contributed by atoms with Crippen LogP contribution in [0.3, 0.4) is 0 Å². The molecule has 0 aromatic carbocycles. The zero-order chi connectivity index (χ0) is 53.3. The molecule has 1 aromatic rings. The van der Waals surface area contributed by atoms with Gasteiger partial charge in [-0.1, -0.05) is 174 Å². The van der Waals surface area contributed by atoms with Gasteiger partial charge in [-0.15, -0.1) is 0 Å². The third-order valence-electron chi connectivity index (χ3n) is 13.2. The van der Waals surface area contributed by atoms with E-state index in [0.29, 0.717) is 25.0 Å². The molecule has 6 N–H and O–H groups in total. The molecule has 21 heteroatoms. The minimum absolute atomic E-state index is 0.0306. The minimum atomic E-state index is -5.43. The van der Waals surface area contributed by atoms with Crippen molar-refractivity contribution in [2.45, 2.75) is 256 Å². The molecule has 1 aromatic heterocycles. The van der Waals surface area contributed by atoms with Gasteiger partial charge in [0.25, 0.3) is 0 Å². The largest absolute Gasteiger partial charge is 0.481 e. The highest BCUT2D eigenvalue weighted by molar-refractivity contribution is 7.61. The molecular weight excluding hydrogens is 985 g/mol. The van der Waals surface area contributed by atoms with Gasteiger partial charge < -0.3 is 44.7 Å². The highest BCUT2D eigenvalue weighted by Gasteiger charge is 2.46. The summed E-state index contributed by atoms with van der Waals surface area (Å²) in [5, 5.41) is 20.9. The van der Waals surface area contributed by atoms with E-state index in [0.717, 1.165) is 81.1 Å². The van der Waals surface area contributed by atoms with Crippen LogP contribution >= 0.6 is 15.6 Å². The molecule has 422 valence electrons. The maximum absolute atomic E-state index is 12.9. The van der Waals surface area contributed by atoms with Gasteiger partial charge in [0.15, 0.2) is 12.3 Å². The number of carbonyl (C=O) groups is 2. The molecule has 19 nitrogen and oxygen atoms in total. The number of anilines is 1. The van der Waals surface area contributed by atoms with Gasteiger partial charge in [-0.05, 0) is 50.5 Å². The molecule has 2 fully saturated rings. The van der Waals surface area contributed by atoms with Crippen molar-refractivity contribution in [2.24, 2.45) is 5.92 Å². The average Bonchev–Trinajstić information content (AvgIpc) is 4.03. The summed E-state index contributed by atoms with van der Waals surface area (Å²) >= 11 is 0. The number of phosphoric acid groups is 2. The van der Waals surface area contributed by atoms with Crippen LogP contribution in [-0.2, 0) is 51.0 Å². The first-order valence-electron chi connectivity index (χ1n) is 27.7. The number of esters is 2. The number of hydrogen-bond acceptors (Lipinski definition) is 16. The molecule has 2 aliphatic rings. The molecule has 0 aliphatic carbocycles. The van der Waals surface area contributed by atoms with E-state index >= 15 is 0 Å². The Labute approximate surface area is 435 Å². The summed E-state index contributed by atoms with van der Waals surface area (Å²) in [5.74, 6) is -0.495. The van der Waals surface area contributed by atoms with Gasteiger partial charge in [0.05, 0.1) is 25.4 Å². The van der Waals surface area contributed by atoms with Gasteiger partial charge in [-0.25, -0.2) is 13.9 Å². The zero-order valence-corrected chi connectivity index (χ0v) is 46.1. The van der Waals surface area contributed by atoms with E-state index in [1.165, 1.54) is 109 Å². The van der Waals surface area contributed by atoms with E-state index in [1.54, 1.807) is 0 Å². The number of allylic oxidation sites excluding steroid dienone is 1. The van der Waals surface area contributed by atoms with Gasteiger partial charge in [0.2, 0.25) is 0 Å². The van der Waals surface area contributed by atoms with E-state index in [9.17, 15) is 43.5 Å². The van der Waals surface area contributed by atoms with Crippen molar-refractivity contribution < 1.29 is 71.0 Å². The fraction of sp³-hybridized carbons (Fsp3) is 0.846. The number of epoxide rings is 1. The highest BCUT2D eigenvalue weighted by Crippen LogP contribution is 2.60. The number of aromatic nitrogens is 2. The van der Waals surface area contributed by atoms with Gasteiger partial charge in [0.1, 0.15) is 30.7 Å². The maximum Gasteiger partial charge on any atom is 0.481 e. The topological polar surface area (TPSA) is 278 Å². The lowest BCUT2D eigenvalue weighted by Crippen LogP contribution is -2.36. The molecular formula is C52H93N3O16P2.